The third-order valence-corrected chi connectivity index (χ3v) is 3.40. The van der Waals surface area contributed by atoms with Crippen LogP contribution in [0.4, 0.5) is 4.79 Å². The van der Waals surface area contributed by atoms with Gasteiger partial charge in [-0.05, 0) is 46.1 Å². The average Bonchev–Trinajstić information content (AvgIpc) is 2.50. The van der Waals surface area contributed by atoms with Gasteiger partial charge in [0.1, 0.15) is 5.60 Å². The van der Waals surface area contributed by atoms with Crippen molar-refractivity contribution in [2.45, 2.75) is 58.5 Å². The predicted octanol–water partition coefficient (Wildman–Crippen LogP) is 4.03. The molecule has 1 amide bonds. The molecule has 1 aromatic carbocycles. The van der Waals surface area contributed by atoms with E-state index in [1.165, 1.54) is 0 Å². The Morgan fingerprint density at radius 3 is 2.42 bits per heavy atom. The number of nitrogens with one attached hydrogen (secondary N) is 1. The zero-order valence-electron chi connectivity index (χ0n) is 15.1. The maximum absolute atomic E-state index is 11.9. The zero-order valence-corrected chi connectivity index (χ0v) is 15.1. The fourth-order valence-corrected chi connectivity index (χ4v) is 2.36. The fourth-order valence-electron chi connectivity index (χ4n) is 2.36. The normalized spacial score (nSPS) is 12.3. The van der Waals surface area contributed by atoms with Gasteiger partial charge in [-0.25, -0.2) is 4.79 Å². The molecule has 0 aliphatic rings. The molecule has 0 saturated heterocycles. The van der Waals surface area contributed by atoms with E-state index in [0.29, 0.717) is 26.0 Å². The van der Waals surface area contributed by atoms with E-state index in [-0.39, 0.29) is 11.9 Å². The molecule has 0 spiro atoms. The summed E-state index contributed by atoms with van der Waals surface area (Å²) >= 11 is 0. The molecule has 0 aliphatic heterocycles. The molecule has 0 bridgehead atoms. The van der Waals surface area contributed by atoms with Crippen LogP contribution in [0.1, 0.15) is 58.4 Å². The molecule has 1 rings (SSSR count). The van der Waals surface area contributed by atoms with Gasteiger partial charge in [-0.15, -0.1) is 0 Å². The number of ether oxygens (including phenoxy) is 2. The third-order valence-electron chi connectivity index (χ3n) is 3.40. The number of carbonyl (C=O) groups is 2. The van der Waals surface area contributed by atoms with E-state index in [2.05, 4.69) is 5.32 Å². The molecule has 0 saturated carbocycles. The summed E-state index contributed by atoms with van der Waals surface area (Å²) in [6.45, 7) is 8.18. The topological polar surface area (TPSA) is 64.6 Å². The lowest BCUT2D eigenvalue weighted by molar-refractivity contribution is -0.143. The molecule has 0 aliphatic carbocycles. The molecule has 1 atom stereocenters. The first-order chi connectivity index (χ1) is 11.3. The molecule has 5 nitrogen and oxygen atoms in total. The van der Waals surface area contributed by atoms with Crippen molar-refractivity contribution in [1.82, 2.24) is 5.32 Å². The molecule has 134 valence electrons. The first-order valence-electron chi connectivity index (χ1n) is 8.49. The standard InChI is InChI=1S/C19H29NO4/c1-5-23-17(21)13-9-12-16(15-10-7-6-8-11-15)14-20-18(22)24-19(2,3)4/h6-8,10-11,16H,5,9,12-14H2,1-4H3,(H,20,22). The van der Waals surface area contributed by atoms with Crippen molar-refractivity contribution in [3.63, 3.8) is 0 Å². The van der Waals surface area contributed by atoms with E-state index >= 15 is 0 Å². The van der Waals surface area contributed by atoms with Gasteiger partial charge in [0, 0.05) is 18.9 Å². The third kappa shape index (κ3) is 8.56. The van der Waals surface area contributed by atoms with Crippen LogP contribution in [0, 0.1) is 0 Å². The highest BCUT2D eigenvalue weighted by molar-refractivity contribution is 5.69. The second-order valence-corrected chi connectivity index (χ2v) is 6.69. The summed E-state index contributed by atoms with van der Waals surface area (Å²) in [5.74, 6) is -0.0439. The van der Waals surface area contributed by atoms with Gasteiger partial charge in [0.25, 0.3) is 0 Å². The number of esters is 1. The van der Waals surface area contributed by atoms with Crippen LogP contribution in [0.15, 0.2) is 30.3 Å². The van der Waals surface area contributed by atoms with E-state index in [1.54, 1.807) is 6.92 Å². The highest BCUT2D eigenvalue weighted by atomic mass is 16.6. The summed E-state index contributed by atoms with van der Waals surface area (Å²) < 4.78 is 10.2. The van der Waals surface area contributed by atoms with Gasteiger partial charge in [-0.1, -0.05) is 30.3 Å². The number of hydrogen-bond donors (Lipinski definition) is 1. The minimum absolute atomic E-state index is 0.133. The second-order valence-electron chi connectivity index (χ2n) is 6.69. The van der Waals surface area contributed by atoms with Gasteiger partial charge in [0.2, 0.25) is 0 Å². The lowest BCUT2D eigenvalue weighted by Crippen LogP contribution is -2.34. The van der Waals surface area contributed by atoms with Gasteiger partial charge < -0.3 is 14.8 Å². The SMILES string of the molecule is CCOC(=O)CCCC(CNC(=O)OC(C)(C)C)c1ccccc1. The molecule has 0 radical (unpaired) electrons. The molecule has 0 heterocycles. The summed E-state index contributed by atoms with van der Waals surface area (Å²) in [5, 5.41) is 2.82. The van der Waals surface area contributed by atoms with Crippen LogP contribution >= 0.6 is 0 Å². The monoisotopic (exact) mass is 335 g/mol. The minimum atomic E-state index is -0.518. The number of carbonyl (C=O) groups excluding carboxylic acids is 2. The van der Waals surface area contributed by atoms with Crippen molar-refractivity contribution in [3.05, 3.63) is 35.9 Å². The van der Waals surface area contributed by atoms with Gasteiger partial charge in [-0.2, -0.15) is 0 Å². The minimum Gasteiger partial charge on any atom is -0.466 e. The largest absolute Gasteiger partial charge is 0.466 e. The Kier molecular flexibility index (Phi) is 8.30. The van der Waals surface area contributed by atoms with E-state index < -0.39 is 11.7 Å². The Morgan fingerprint density at radius 1 is 1.17 bits per heavy atom. The lowest BCUT2D eigenvalue weighted by Gasteiger charge is -2.22. The summed E-state index contributed by atoms with van der Waals surface area (Å²) in [4.78, 5) is 23.3. The molecule has 0 aromatic heterocycles. The van der Waals surface area contributed by atoms with E-state index in [0.717, 1.165) is 12.0 Å². The summed E-state index contributed by atoms with van der Waals surface area (Å²) in [6.07, 6.45) is 1.48. The van der Waals surface area contributed by atoms with Crippen LogP contribution in [0.5, 0.6) is 0 Å². The number of alkyl carbamates (subject to hydrolysis) is 1. The van der Waals surface area contributed by atoms with Crippen molar-refractivity contribution in [3.8, 4) is 0 Å². The molecule has 1 N–H and O–H groups in total. The van der Waals surface area contributed by atoms with E-state index in [4.69, 9.17) is 9.47 Å². The maximum atomic E-state index is 11.9. The van der Waals surface area contributed by atoms with Crippen molar-refractivity contribution in [2.24, 2.45) is 0 Å². The summed E-state index contributed by atoms with van der Waals surface area (Å²) in [5.41, 5.74) is 0.619. The predicted molar refractivity (Wildman–Crippen MR) is 93.9 cm³/mol. The summed E-state index contributed by atoms with van der Waals surface area (Å²) in [6, 6.07) is 9.97. The number of rotatable bonds is 8. The lowest BCUT2D eigenvalue weighted by atomic mass is 9.93. The van der Waals surface area contributed by atoms with Crippen LogP contribution in [-0.2, 0) is 14.3 Å². The molecule has 5 heteroatoms. The van der Waals surface area contributed by atoms with Crippen LogP contribution in [0.2, 0.25) is 0 Å². The Bertz CT molecular complexity index is 508. The number of hydrogen-bond acceptors (Lipinski definition) is 4. The average molecular weight is 335 g/mol. The van der Waals surface area contributed by atoms with Crippen LogP contribution in [0.25, 0.3) is 0 Å². The van der Waals surface area contributed by atoms with Gasteiger partial charge >= 0.3 is 12.1 Å². The Balaban J connectivity index is 2.56. The highest BCUT2D eigenvalue weighted by Crippen LogP contribution is 2.21. The highest BCUT2D eigenvalue weighted by Gasteiger charge is 2.18. The Morgan fingerprint density at radius 2 is 1.83 bits per heavy atom. The van der Waals surface area contributed by atoms with Crippen molar-refractivity contribution in [1.29, 1.82) is 0 Å². The fraction of sp³-hybridized carbons (Fsp3) is 0.579. The van der Waals surface area contributed by atoms with Gasteiger partial charge in [-0.3, -0.25) is 4.79 Å². The Labute approximate surface area is 144 Å². The van der Waals surface area contributed by atoms with Gasteiger partial charge in [0.05, 0.1) is 6.61 Å². The first-order valence-corrected chi connectivity index (χ1v) is 8.49. The van der Waals surface area contributed by atoms with Crippen LogP contribution in [0.3, 0.4) is 0 Å². The van der Waals surface area contributed by atoms with Crippen molar-refractivity contribution in [2.75, 3.05) is 13.2 Å². The first kappa shape index (κ1) is 20.0. The van der Waals surface area contributed by atoms with E-state index in [9.17, 15) is 9.59 Å². The number of amides is 1. The van der Waals surface area contributed by atoms with Crippen LogP contribution < -0.4 is 5.32 Å². The molecule has 1 unspecified atom stereocenters. The van der Waals surface area contributed by atoms with E-state index in [1.807, 2.05) is 51.1 Å². The number of benzene rings is 1. The Hall–Kier alpha value is -2.04. The van der Waals surface area contributed by atoms with Gasteiger partial charge in [0.15, 0.2) is 0 Å². The zero-order chi connectivity index (χ0) is 18.0. The van der Waals surface area contributed by atoms with Crippen molar-refractivity contribution < 1.29 is 19.1 Å². The summed E-state index contributed by atoms with van der Waals surface area (Å²) in [7, 11) is 0. The maximum Gasteiger partial charge on any atom is 0.407 e. The second kappa shape index (κ2) is 9.96. The molecule has 0 fully saturated rings. The quantitative estimate of drug-likeness (QED) is 0.729. The van der Waals surface area contributed by atoms with Crippen molar-refractivity contribution >= 4 is 12.1 Å². The molecular formula is C19H29NO4. The molecular weight excluding hydrogens is 306 g/mol. The smallest absolute Gasteiger partial charge is 0.407 e. The molecule has 24 heavy (non-hydrogen) atoms. The molecule has 1 aromatic rings. The van der Waals surface area contributed by atoms with Crippen LogP contribution in [-0.4, -0.2) is 30.8 Å².